The van der Waals surface area contributed by atoms with Gasteiger partial charge >= 0.3 is 11.9 Å². The summed E-state index contributed by atoms with van der Waals surface area (Å²) in [4.78, 5) is 19.3. The van der Waals surface area contributed by atoms with Crippen molar-refractivity contribution in [3.8, 4) is 11.1 Å². The molecule has 0 spiro atoms. The molecule has 0 radical (unpaired) electrons. The summed E-state index contributed by atoms with van der Waals surface area (Å²) in [5, 5.41) is 24.5. The van der Waals surface area contributed by atoms with Crippen molar-refractivity contribution < 1.29 is 24.2 Å². The van der Waals surface area contributed by atoms with Crippen LogP contribution in [0.15, 0.2) is 36.7 Å². The monoisotopic (exact) mass is 402 g/mol. The Bertz CT molecular complexity index is 996. The van der Waals surface area contributed by atoms with Gasteiger partial charge in [0.25, 0.3) is 0 Å². The molecule has 0 aliphatic rings. The molecule has 154 valence electrons. The van der Waals surface area contributed by atoms with Gasteiger partial charge in [-0.1, -0.05) is 6.07 Å². The van der Waals surface area contributed by atoms with Crippen molar-refractivity contribution in [1.82, 2.24) is 19.6 Å². The largest absolute Gasteiger partial charge is 0.481 e. The predicted octanol–water partition coefficient (Wildman–Crippen LogP) is 3.02. The van der Waals surface area contributed by atoms with Crippen molar-refractivity contribution in [3.63, 3.8) is 0 Å². The highest BCUT2D eigenvalue weighted by atomic mass is 19.1. The molecule has 3 aromatic rings. The minimum Gasteiger partial charge on any atom is -0.481 e. The molecule has 0 aliphatic heterocycles. The molecule has 2 heterocycles. The molecule has 0 fully saturated rings. The van der Waals surface area contributed by atoms with Crippen LogP contribution in [0.4, 0.5) is 4.39 Å². The zero-order valence-corrected chi connectivity index (χ0v) is 16.5. The molecule has 0 bridgehead atoms. The number of aromatic nitrogens is 4. The second-order valence-electron chi connectivity index (χ2n) is 6.58. The van der Waals surface area contributed by atoms with Gasteiger partial charge in [-0.2, -0.15) is 10.2 Å². The van der Waals surface area contributed by atoms with Crippen LogP contribution in [0.2, 0.25) is 0 Å². The number of rotatable bonds is 6. The lowest BCUT2D eigenvalue weighted by Gasteiger charge is -2.02. The summed E-state index contributed by atoms with van der Waals surface area (Å²) in [6, 6.07) is 7.15. The Hall–Kier alpha value is -3.49. The summed E-state index contributed by atoms with van der Waals surface area (Å²) < 4.78 is 17.0. The standard InChI is InChI=1S/C16H17FN4.C4H6O4/c1-11-6-13(4-5-16(11)17)14-8-18-21(9-14)10-15-7-12(2)19-20(15)3;5-3(6)1-2-4(7)8/h4-9H,10H2,1-3H3;1-2H2,(H,5,6)(H,7,8). The lowest BCUT2D eigenvalue weighted by atomic mass is 10.1. The van der Waals surface area contributed by atoms with Crippen molar-refractivity contribution in [2.24, 2.45) is 7.05 Å². The predicted molar refractivity (Wildman–Crippen MR) is 104 cm³/mol. The topological polar surface area (TPSA) is 110 Å². The zero-order chi connectivity index (χ0) is 21.6. The fourth-order valence-corrected chi connectivity index (χ4v) is 2.62. The minimum absolute atomic E-state index is 0.184. The molecule has 1 aromatic carbocycles. The summed E-state index contributed by atoms with van der Waals surface area (Å²) >= 11 is 0. The molecule has 3 rings (SSSR count). The molecule has 0 amide bonds. The van der Waals surface area contributed by atoms with Crippen LogP contribution in [-0.4, -0.2) is 41.7 Å². The van der Waals surface area contributed by atoms with Crippen molar-refractivity contribution in [2.75, 3.05) is 0 Å². The van der Waals surface area contributed by atoms with Gasteiger partial charge in [-0.05, 0) is 43.2 Å². The van der Waals surface area contributed by atoms with Crippen molar-refractivity contribution >= 4 is 11.9 Å². The van der Waals surface area contributed by atoms with Crippen LogP contribution in [0.5, 0.6) is 0 Å². The smallest absolute Gasteiger partial charge is 0.303 e. The van der Waals surface area contributed by atoms with Gasteiger partial charge in [0.1, 0.15) is 5.82 Å². The second kappa shape index (κ2) is 9.63. The molecule has 0 saturated carbocycles. The van der Waals surface area contributed by atoms with Crippen molar-refractivity contribution in [2.45, 2.75) is 33.2 Å². The Morgan fingerprint density at radius 2 is 1.72 bits per heavy atom. The number of benzene rings is 1. The van der Waals surface area contributed by atoms with Gasteiger partial charge < -0.3 is 10.2 Å². The SMILES string of the molecule is Cc1cc(Cn2cc(-c3ccc(F)c(C)c3)cn2)n(C)n1.O=C(O)CCC(=O)O. The molecule has 0 aliphatic carbocycles. The maximum atomic E-state index is 13.3. The highest BCUT2D eigenvalue weighted by Gasteiger charge is 2.07. The van der Waals surface area contributed by atoms with Crippen molar-refractivity contribution in [1.29, 1.82) is 0 Å². The third-order valence-corrected chi connectivity index (χ3v) is 4.10. The van der Waals surface area contributed by atoms with Crippen molar-refractivity contribution in [3.05, 3.63) is 59.4 Å². The van der Waals surface area contributed by atoms with Crippen LogP contribution in [0.3, 0.4) is 0 Å². The number of carboxylic acid groups (broad SMARTS) is 2. The maximum Gasteiger partial charge on any atom is 0.303 e. The summed E-state index contributed by atoms with van der Waals surface area (Å²) in [6.07, 6.45) is 3.18. The van der Waals surface area contributed by atoms with E-state index in [1.807, 2.05) is 41.7 Å². The number of hydrogen-bond donors (Lipinski definition) is 2. The van der Waals surface area contributed by atoms with E-state index in [-0.39, 0.29) is 18.7 Å². The van der Waals surface area contributed by atoms with Gasteiger partial charge in [0.2, 0.25) is 0 Å². The van der Waals surface area contributed by atoms with E-state index in [0.29, 0.717) is 12.1 Å². The minimum atomic E-state index is -1.08. The highest BCUT2D eigenvalue weighted by molar-refractivity contribution is 5.75. The van der Waals surface area contributed by atoms with Crippen LogP contribution < -0.4 is 0 Å². The first-order valence-electron chi connectivity index (χ1n) is 8.87. The fraction of sp³-hybridized carbons (Fsp3) is 0.300. The van der Waals surface area contributed by atoms with Gasteiger partial charge in [-0.15, -0.1) is 0 Å². The van der Waals surface area contributed by atoms with Gasteiger partial charge in [-0.3, -0.25) is 19.0 Å². The fourth-order valence-electron chi connectivity index (χ4n) is 2.62. The lowest BCUT2D eigenvalue weighted by molar-refractivity contribution is -0.143. The van der Waals surface area contributed by atoms with Crippen LogP contribution in [-0.2, 0) is 23.2 Å². The molecule has 2 aromatic heterocycles. The van der Waals surface area contributed by atoms with Crippen LogP contribution in [0.25, 0.3) is 11.1 Å². The molecule has 29 heavy (non-hydrogen) atoms. The van der Waals surface area contributed by atoms with Gasteiger partial charge in [0, 0.05) is 18.8 Å². The van der Waals surface area contributed by atoms with Crippen LogP contribution in [0.1, 0.15) is 29.8 Å². The Morgan fingerprint density at radius 1 is 1.07 bits per heavy atom. The van der Waals surface area contributed by atoms with E-state index in [9.17, 15) is 14.0 Å². The zero-order valence-electron chi connectivity index (χ0n) is 16.5. The second-order valence-corrected chi connectivity index (χ2v) is 6.58. The van der Waals surface area contributed by atoms with E-state index in [1.165, 1.54) is 6.07 Å². The highest BCUT2D eigenvalue weighted by Crippen LogP contribution is 2.21. The lowest BCUT2D eigenvalue weighted by Crippen LogP contribution is -2.05. The van der Waals surface area contributed by atoms with E-state index < -0.39 is 11.9 Å². The molecular weight excluding hydrogens is 379 g/mol. The van der Waals surface area contributed by atoms with Crippen LogP contribution >= 0.6 is 0 Å². The Balaban J connectivity index is 0.000000321. The number of aliphatic carboxylic acids is 2. The van der Waals surface area contributed by atoms with Crippen LogP contribution in [0, 0.1) is 19.7 Å². The quantitative estimate of drug-likeness (QED) is 0.656. The Kier molecular flexibility index (Phi) is 7.24. The van der Waals surface area contributed by atoms with E-state index in [4.69, 9.17) is 10.2 Å². The molecular formula is C20H23FN4O4. The van der Waals surface area contributed by atoms with Gasteiger partial charge in [0.15, 0.2) is 0 Å². The third kappa shape index (κ3) is 6.56. The summed E-state index contributed by atoms with van der Waals surface area (Å²) in [5.41, 5.74) is 4.69. The number of carbonyl (C=O) groups is 2. The van der Waals surface area contributed by atoms with Gasteiger partial charge in [0.05, 0.1) is 37.0 Å². The number of nitrogens with zero attached hydrogens (tertiary/aromatic N) is 4. The number of carboxylic acids is 2. The average Bonchev–Trinajstić information content (AvgIpc) is 3.23. The van der Waals surface area contributed by atoms with E-state index in [1.54, 1.807) is 19.2 Å². The first-order chi connectivity index (χ1) is 13.7. The average molecular weight is 402 g/mol. The Morgan fingerprint density at radius 3 is 2.24 bits per heavy atom. The molecule has 2 N–H and O–H groups in total. The Labute approximate surface area is 167 Å². The summed E-state index contributed by atoms with van der Waals surface area (Å²) in [7, 11) is 1.93. The molecule has 0 saturated heterocycles. The molecule has 0 atom stereocenters. The number of hydrogen-bond acceptors (Lipinski definition) is 4. The first-order valence-corrected chi connectivity index (χ1v) is 8.87. The molecule has 0 unspecified atom stereocenters. The summed E-state index contributed by atoms with van der Waals surface area (Å²) in [5.74, 6) is -2.34. The third-order valence-electron chi connectivity index (χ3n) is 4.10. The van der Waals surface area contributed by atoms with E-state index in [0.717, 1.165) is 22.5 Å². The first kappa shape index (κ1) is 21.8. The summed E-state index contributed by atoms with van der Waals surface area (Å²) in [6.45, 7) is 4.40. The normalized spacial score (nSPS) is 10.3. The number of aryl methyl sites for hydroxylation is 3. The molecule has 9 heteroatoms. The van der Waals surface area contributed by atoms with E-state index >= 15 is 0 Å². The van der Waals surface area contributed by atoms with E-state index in [2.05, 4.69) is 10.2 Å². The number of halogens is 1. The maximum absolute atomic E-state index is 13.3. The van der Waals surface area contributed by atoms with Gasteiger partial charge in [-0.25, -0.2) is 4.39 Å². The molecule has 8 nitrogen and oxygen atoms in total.